The van der Waals surface area contributed by atoms with Crippen molar-refractivity contribution in [1.82, 2.24) is 0 Å². The van der Waals surface area contributed by atoms with Gasteiger partial charge in [0.05, 0.1) is 4.88 Å². The van der Waals surface area contributed by atoms with E-state index in [1.165, 1.54) is 52.2 Å². The predicted octanol–water partition coefficient (Wildman–Crippen LogP) is 9.68. The Balaban J connectivity index is 1.54. The quantitative estimate of drug-likeness (QED) is 0.234. The molecule has 0 atom stereocenters. The molecule has 0 aliphatic carbocycles. The van der Waals surface area contributed by atoms with Crippen LogP contribution in [-0.2, 0) is 0 Å². The summed E-state index contributed by atoms with van der Waals surface area (Å²) in [5, 5.41) is 9.46. The van der Waals surface area contributed by atoms with Gasteiger partial charge in [-0.15, -0.1) is 34.0 Å². The minimum absolute atomic E-state index is 1.28. The third kappa shape index (κ3) is 3.45. The Kier molecular flexibility index (Phi) is 4.80. The molecular weight excluding hydrogens is 433 g/mol. The van der Waals surface area contributed by atoms with Crippen LogP contribution in [0.1, 0.15) is 11.1 Å². The maximum absolute atomic E-state index is 2.34. The lowest BCUT2D eigenvalue weighted by Gasteiger charge is -2.08. The molecule has 0 saturated carbocycles. The molecule has 6 rings (SSSR count). The average molecular weight is 451 g/mol. The van der Waals surface area contributed by atoms with Crippen molar-refractivity contribution in [2.75, 3.05) is 0 Å². The number of hydrogen-bond donors (Lipinski definition) is 0. The standard InChI is InChI=1S/C28H18S3/c1-3-9-22-19(7-1)17-20-8-2-4-10-23(20)24(22)14-13-21-18-27(25-11-5-15-29-25)31-28(21)26-12-6-16-30-26/h1-18H. The first-order valence-corrected chi connectivity index (χ1v) is 12.7. The summed E-state index contributed by atoms with van der Waals surface area (Å²) in [5.41, 5.74) is 2.57. The summed E-state index contributed by atoms with van der Waals surface area (Å²) >= 11 is 5.50. The fourth-order valence-electron chi connectivity index (χ4n) is 4.07. The molecule has 0 nitrogen and oxygen atoms in total. The van der Waals surface area contributed by atoms with E-state index >= 15 is 0 Å². The molecule has 0 radical (unpaired) electrons. The lowest BCUT2D eigenvalue weighted by molar-refractivity contribution is 1.74. The zero-order valence-corrected chi connectivity index (χ0v) is 19.1. The van der Waals surface area contributed by atoms with Gasteiger partial charge in [-0.25, -0.2) is 0 Å². The van der Waals surface area contributed by atoms with Gasteiger partial charge in [-0.3, -0.25) is 0 Å². The molecule has 148 valence electrons. The van der Waals surface area contributed by atoms with E-state index in [0.717, 1.165) is 0 Å². The monoisotopic (exact) mass is 450 g/mol. The van der Waals surface area contributed by atoms with Crippen molar-refractivity contribution >= 4 is 67.7 Å². The molecule has 0 spiro atoms. The Labute approximate surface area is 193 Å². The van der Waals surface area contributed by atoms with E-state index in [4.69, 9.17) is 0 Å². The molecule has 0 amide bonds. The molecule has 3 heterocycles. The van der Waals surface area contributed by atoms with Gasteiger partial charge >= 0.3 is 0 Å². The Morgan fingerprint density at radius 1 is 0.548 bits per heavy atom. The lowest BCUT2D eigenvalue weighted by atomic mass is 9.96. The number of fused-ring (bicyclic) bond motifs is 2. The van der Waals surface area contributed by atoms with Crippen LogP contribution in [0.5, 0.6) is 0 Å². The summed E-state index contributed by atoms with van der Waals surface area (Å²) < 4.78 is 0. The molecule has 31 heavy (non-hydrogen) atoms. The topological polar surface area (TPSA) is 0 Å². The first-order valence-electron chi connectivity index (χ1n) is 10.2. The van der Waals surface area contributed by atoms with E-state index in [2.05, 4.69) is 108 Å². The molecule has 3 aromatic heterocycles. The summed E-state index contributed by atoms with van der Waals surface area (Å²) in [6.45, 7) is 0. The molecule has 0 N–H and O–H groups in total. The zero-order valence-electron chi connectivity index (χ0n) is 16.6. The Bertz CT molecular complexity index is 1460. The van der Waals surface area contributed by atoms with Gasteiger partial charge < -0.3 is 0 Å². The van der Waals surface area contributed by atoms with Crippen LogP contribution in [0.2, 0.25) is 0 Å². The van der Waals surface area contributed by atoms with Crippen LogP contribution in [0, 0.1) is 0 Å². The Morgan fingerprint density at radius 2 is 1.19 bits per heavy atom. The first kappa shape index (κ1) is 18.8. The van der Waals surface area contributed by atoms with Gasteiger partial charge in [0.15, 0.2) is 0 Å². The second-order valence-corrected chi connectivity index (χ2v) is 10.4. The zero-order chi connectivity index (χ0) is 20.6. The second-order valence-electron chi connectivity index (χ2n) is 7.42. The third-order valence-electron chi connectivity index (χ3n) is 5.51. The summed E-state index contributed by atoms with van der Waals surface area (Å²) in [6.07, 6.45) is 4.61. The molecule has 0 bridgehead atoms. The van der Waals surface area contributed by atoms with E-state index in [9.17, 15) is 0 Å². The normalized spacial score (nSPS) is 11.7. The largest absolute Gasteiger partial charge is 0.143 e. The highest BCUT2D eigenvalue weighted by Crippen LogP contribution is 2.42. The van der Waals surface area contributed by atoms with Crippen LogP contribution < -0.4 is 0 Å². The van der Waals surface area contributed by atoms with E-state index in [1.807, 2.05) is 22.7 Å². The van der Waals surface area contributed by atoms with Gasteiger partial charge in [0.1, 0.15) is 0 Å². The highest BCUT2D eigenvalue weighted by Gasteiger charge is 2.13. The minimum atomic E-state index is 1.28. The molecule has 0 saturated heterocycles. The van der Waals surface area contributed by atoms with Crippen LogP contribution in [0.4, 0.5) is 0 Å². The van der Waals surface area contributed by atoms with Crippen LogP contribution in [0.15, 0.2) is 95.7 Å². The fraction of sp³-hybridized carbons (Fsp3) is 0. The average Bonchev–Trinajstić information content (AvgIpc) is 3.58. The van der Waals surface area contributed by atoms with Crippen molar-refractivity contribution < 1.29 is 0 Å². The number of rotatable bonds is 4. The van der Waals surface area contributed by atoms with Gasteiger partial charge in [0, 0.05) is 14.6 Å². The van der Waals surface area contributed by atoms with Crippen molar-refractivity contribution in [1.29, 1.82) is 0 Å². The predicted molar refractivity (Wildman–Crippen MR) is 141 cm³/mol. The summed E-state index contributed by atoms with van der Waals surface area (Å²) in [5.74, 6) is 0. The van der Waals surface area contributed by atoms with Crippen molar-refractivity contribution in [3.8, 4) is 19.5 Å². The SMILES string of the molecule is C(=Cc1c2ccccc2cc2ccccc12)c1cc(-c2cccs2)sc1-c1cccs1. The molecule has 0 unspecified atom stereocenters. The molecule has 3 aromatic carbocycles. The summed E-state index contributed by atoms with van der Waals surface area (Å²) in [4.78, 5) is 5.34. The number of thiophene rings is 3. The van der Waals surface area contributed by atoms with E-state index in [-0.39, 0.29) is 0 Å². The van der Waals surface area contributed by atoms with Crippen molar-refractivity contribution in [2.45, 2.75) is 0 Å². The Morgan fingerprint density at radius 3 is 1.84 bits per heavy atom. The van der Waals surface area contributed by atoms with Gasteiger partial charge in [-0.2, -0.15) is 0 Å². The van der Waals surface area contributed by atoms with Crippen molar-refractivity contribution in [3.05, 3.63) is 107 Å². The molecule has 6 aromatic rings. The van der Waals surface area contributed by atoms with Crippen LogP contribution in [0.3, 0.4) is 0 Å². The number of benzene rings is 3. The Hall–Kier alpha value is -2.98. The van der Waals surface area contributed by atoms with E-state index in [1.54, 1.807) is 11.3 Å². The fourth-order valence-corrected chi connectivity index (χ4v) is 6.92. The smallest absolute Gasteiger partial charge is 0.0521 e. The molecule has 0 aliphatic rings. The highest BCUT2D eigenvalue weighted by molar-refractivity contribution is 7.26. The summed E-state index contributed by atoms with van der Waals surface area (Å²) in [7, 11) is 0. The van der Waals surface area contributed by atoms with E-state index in [0.29, 0.717) is 0 Å². The van der Waals surface area contributed by atoms with Crippen LogP contribution in [-0.4, -0.2) is 0 Å². The van der Waals surface area contributed by atoms with Gasteiger partial charge in [0.25, 0.3) is 0 Å². The molecule has 0 aliphatic heterocycles. The van der Waals surface area contributed by atoms with Crippen LogP contribution >= 0.6 is 34.0 Å². The van der Waals surface area contributed by atoms with Gasteiger partial charge in [-0.05, 0) is 67.7 Å². The molecule has 3 heteroatoms. The van der Waals surface area contributed by atoms with Gasteiger partial charge in [-0.1, -0.05) is 72.8 Å². The minimum Gasteiger partial charge on any atom is -0.143 e. The van der Waals surface area contributed by atoms with E-state index < -0.39 is 0 Å². The maximum atomic E-state index is 2.34. The molecule has 0 fully saturated rings. The second kappa shape index (κ2) is 7.93. The first-order chi connectivity index (χ1) is 15.4. The summed E-state index contributed by atoms with van der Waals surface area (Å²) in [6, 6.07) is 30.7. The third-order valence-corrected chi connectivity index (χ3v) is 8.78. The highest BCUT2D eigenvalue weighted by atomic mass is 32.1. The van der Waals surface area contributed by atoms with Crippen molar-refractivity contribution in [2.24, 2.45) is 0 Å². The van der Waals surface area contributed by atoms with Crippen molar-refractivity contribution in [3.63, 3.8) is 0 Å². The molecular formula is C28H18S3. The van der Waals surface area contributed by atoms with Crippen LogP contribution in [0.25, 0.3) is 53.2 Å². The lowest BCUT2D eigenvalue weighted by Crippen LogP contribution is -1.83. The number of hydrogen-bond acceptors (Lipinski definition) is 3. The van der Waals surface area contributed by atoms with Gasteiger partial charge in [0.2, 0.25) is 0 Å². The maximum Gasteiger partial charge on any atom is 0.0521 e.